The van der Waals surface area contributed by atoms with Crippen molar-refractivity contribution in [2.45, 2.75) is 23.3 Å². The summed E-state index contributed by atoms with van der Waals surface area (Å²) in [6.45, 7) is 1.97. The van der Waals surface area contributed by atoms with E-state index in [1.165, 1.54) is 24.3 Å². The summed E-state index contributed by atoms with van der Waals surface area (Å²) in [6, 6.07) is 23.3. The third-order valence-electron chi connectivity index (χ3n) is 5.56. The largest absolute Gasteiger partial charge is 0.378 e. The van der Waals surface area contributed by atoms with Crippen LogP contribution in [0.15, 0.2) is 94.7 Å². The number of hydrogen-bond donors (Lipinski definition) is 1. The van der Waals surface area contributed by atoms with E-state index in [2.05, 4.69) is 4.72 Å². The fraction of sp³-hybridized carbons (Fsp3) is 0.154. The summed E-state index contributed by atoms with van der Waals surface area (Å²) in [7, 11) is -4.12. The van der Waals surface area contributed by atoms with Gasteiger partial charge in [0.15, 0.2) is 5.75 Å². The van der Waals surface area contributed by atoms with E-state index in [1.54, 1.807) is 36.4 Å². The SMILES string of the molecule is Cc1ccc(S(=O)(=O)Oc2cccc3c(S(=O)(=O)NCc4ccc(N(C)C)cc4)cccc23)cc1. The minimum Gasteiger partial charge on any atom is -0.378 e. The van der Waals surface area contributed by atoms with Crippen LogP contribution in [0.1, 0.15) is 11.1 Å². The summed E-state index contributed by atoms with van der Waals surface area (Å²) in [5, 5.41) is 0.737. The second kappa shape index (κ2) is 9.69. The van der Waals surface area contributed by atoms with Crippen molar-refractivity contribution in [3.05, 3.63) is 96.1 Å². The van der Waals surface area contributed by atoms with Crippen molar-refractivity contribution in [3.63, 3.8) is 0 Å². The summed E-state index contributed by atoms with van der Waals surface area (Å²) in [5.41, 5.74) is 2.75. The van der Waals surface area contributed by atoms with Crippen molar-refractivity contribution >= 4 is 36.6 Å². The number of anilines is 1. The van der Waals surface area contributed by atoms with E-state index in [-0.39, 0.29) is 22.1 Å². The summed E-state index contributed by atoms with van der Waals surface area (Å²) in [5.74, 6) is 0.0550. The van der Waals surface area contributed by atoms with Crippen LogP contribution in [0.3, 0.4) is 0 Å². The summed E-state index contributed by atoms with van der Waals surface area (Å²) in [6.07, 6.45) is 0. The van der Waals surface area contributed by atoms with Gasteiger partial charge in [-0.1, -0.05) is 54.1 Å². The van der Waals surface area contributed by atoms with Crippen LogP contribution < -0.4 is 13.8 Å². The quantitative estimate of drug-likeness (QED) is 0.352. The molecule has 7 nitrogen and oxygen atoms in total. The van der Waals surface area contributed by atoms with Gasteiger partial charge >= 0.3 is 10.1 Å². The molecular weight excluding hydrogens is 484 g/mol. The highest BCUT2D eigenvalue weighted by Gasteiger charge is 2.21. The predicted molar refractivity (Wildman–Crippen MR) is 138 cm³/mol. The summed E-state index contributed by atoms with van der Waals surface area (Å²) in [4.78, 5) is 2.02. The Kier molecular flexibility index (Phi) is 6.84. The van der Waals surface area contributed by atoms with Crippen molar-refractivity contribution in [3.8, 4) is 5.75 Å². The van der Waals surface area contributed by atoms with E-state index in [4.69, 9.17) is 4.18 Å². The molecule has 0 saturated heterocycles. The Morgan fingerprint density at radius 2 is 1.40 bits per heavy atom. The molecule has 0 aliphatic rings. The number of benzene rings is 4. The summed E-state index contributed by atoms with van der Waals surface area (Å²) >= 11 is 0. The standard InChI is InChI=1S/C26H26N2O5S2/c1-19-10-16-22(17-11-19)35(31,32)33-25-8-4-7-24-23(25)6-5-9-26(24)34(29,30)27-18-20-12-14-21(15-13-20)28(2)3/h4-17,27H,18H2,1-3H3. The predicted octanol–water partition coefficient (Wildman–Crippen LogP) is 4.46. The molecule has 4 aromatic rings. The van der Waals surface area contributed by atoms with Gasteiger partial charge in [-0.15, -0.1) is 0 Å². The number of nitrogens with zero attached hydrogens (tertiary/aromatic N) is 1. The van der Waals surface area contributed by atoms with Crippen LogP contribution in [0.5, 0.6) is 5.75 Å². The van der Waals surface area contributed by atoms with Gasteiger partial charge in [0.1, 0.15) is 4.90 Å². The van der Waals surface area contributed by atoms with Gasteiger partial charge in [-0.2, -0.15) is 8.42 Å². The Labute approximate surface area is 206 Å². The first kappa shape index (κ1) is 24.7. The zero-order valence-electron chi connectivity index (χ0n) is 19.6. The molecule has 0 amide bonds. The van der Waals surface area contributed by atoms with Crippen molar-refractivity contribution in [1.29, 1.82) is 0 Å². The number of fused-ring (bicyclic) bond motifs is 1. The van der Waals surface area contributed by atoms with Crippen molar-refractivity contribution in [2.75, 3.05) is 19.0 Å². The third-order valence-corrected chi connectivity index (χ3v) is 8.27. The highest BCUT2D eigenvalue weighted by atomic mass is 32.2. The fourth-order valence-corrected chi connectivity index (χ4v) is 5.78. The van der Waals surface area contributed by atoms with Gasteiger partial charge in [-0.25, -0.2) is 13.1 Å². The molecule has 182 valence electrons. The number of aryl methyl sites for hydroxylation is 1. The molecule has 35 heavy (non-hydrogen) atoms. The molecule has 0 saturated carbocycles. The normalized spacial score (nSPS) is 12.0. The van der Waals surface area contributed by atoms with Gasteiger partial charge in [-0.3, -0.25) is 0 Å². The lowest BCUT2D eigenvalue weighted by Gasteiger charge is -2.14. The van der Waals surface area contributed by atoms with Gasteiger partial charge in [0, 0.05) is 37.1 Å². The van der Waals surface area contributed by atoms with Crippen molar-refractivity contribution in [1.82, 2.24) is 4.72 Å². The lowest BCUT2D eigenvalue weighted by Crippen LogP contribution is -2.23. The molecule has 0 atom stereocenters. The fourth-order valence-electron chi connectivity index (χ4n) is 3.60. The number of hydrogen-bond acceptors (Lipinski definition) is 6. The minimum absolute atomic E-state index is 0.0193. The number of sulfonamides is 1. The minimum atomic E-state index is -4.09. The second-order valence-corrected chi connectivity index (χ2v) is 11.6. The van der Waals surface area contributed by atoms with E-state index in [1.807, 2.05) is 50.2 Å². The Morgan fingerprint density at radius 3 is 2.06 bits per heavy atom. The van der Waals surface area contributed by atoms with Gasteiger partial charge in [-0.05, 0) is 48.9 Å². The molecule has 1 N–H and O–H groups in total. The number of rotatable bonds is 8. The maximum Gasteiger partial charge on any atom is 0.339 e. The molecule has 0 radical (unpaired) electrons. The van der Waals surface area contributed by atoms with Crippen LogP contribution >= 0.6 is 0 Å². The average molecular weight is 511 g/mol. The lowest BCUT2D eigenvalue weighted by atomic mass is 10.1. The van der Waals surface area contributed by atoms with Crippen LogP contribution in [0, 0.1) is 6.92 Å². The zero-order chi connectivity index (χ0) is 25.2. The molecule has 4 rings (SSSR count). The summed E-state index contributed by atoms with van der Waals surface area (Å²) < 4.78 is 60.0. The monoisotopic (exact) mass is 510 g/mol. The highest BCUT2D eigenvalue weighted by Crippen LogP contribution is 2.32. The van der Waals surface area contributed by atoms with Gasteiger partial charge in [0.25, 0.3) is 0 Å². The molecule has 0 unspecified atom stereocenters. The van der Waals surface area contributed by atoms with E-state index in [0.717, 1.165) is 16.8 Å². The molecule has 9 heteroatoms. The molecular formula is C26H26N2O5S2. The van der Waals surface area contributed by atoms with Crippen LogP contribution in [0.25, 0.3) is 10.8 Å². The second-order valence-electron chi connectivity index (χ2n) is 8.34. The number of nitrogens with one attached hydrogen (secondary N) is 1. The van der Waals surface area contributed by atoms with Crippen molar-refractivity contribution in [2.24, 2.45) is 0 Å². The molecule has 0 fully saturated rings. The van der Waals surface area contributed by atoms with Crippen LogP contribution in [0.4, 0.5) is 5.69 Å². The topological polar surface area (TPSA) is 92.8 Å². The molecule has 0 aromatic heterocycles. The Bertz CT molecular complexity index is 1560. The molecule has 0 heterocycles. The maximum atomic E-state index is 13.2. The molecule has 0 aliphatic carbocycles. The molecule has 0 spiro atoms. The highest BCUT2D eigenvalue weighted by molar-refractivity contribution is 7.89. The van der Waals surface area contributed by atoms with Crippen LogP contribution in [0.2, 0.25) is 0 Å². The van der Waals surface area contributed by atoms with E-state index >= 15 is 0 Å². The molecule has 4 aromatic carbocycles. The third kappa shape index (κ3) is 5.48. The first-order valence-corrected chi connectivity index (χ1v) is 13.7. The average Bonchev–Trinajstić information content (AvgIpc) is 2.83. The first-order valence-electron chi connectivity index (χ1n) is 10.9. The smallest absolute Gasteiger partial charge is 0.339 e. The van der Waals surface area contributed by atoms with E-state index in [0.29, 0.717) is 10.8 Å². The molecule has 0 aliphatic heterocycles. The van der Waals surface area contributed by atoms with E-state index < -0.39 is 20.1 Å². The Hall–Kier alpha value is -3.40. The van der Waals surface area contributed by atoms with Crippen molar-refractivity contribution < 1.29 is 21.0 Å². The molecule has 0 bridgehead atoms. The van der Waals surface area contributed by atoms with Gasteiger partial charge in [0.05, 0.1) is 4.90 Å². The Balaban J connectivity index is 1.63. The van der Waals surface area contributed by atoms with Crippen LogP contribution in [-0.2, 0) is 26.7 Å². The first-order chi connectivity index (χ1) is 16.6. The lowest BCUT2D eigenvalue weighted by molar-refractivity contribution is 0.488. The van der Waals surface area contributed by atoms with Crippen LogP contribution in [-0.4, -0.2) is 30.9 Å². The maximum absolute atomic E-state index is 13.2. The van der Waals surface area contributed by atoms with Gasteiger partial charge < -0.3 is 9.08 Å². The van der Waals surface area contributed by atoms with E-state index in [9.17, 15) is 16.8 Å². The van der Waals surface area contributed by atoms with Gasteiger partial charge in [0.2, 0.25) is 10.0 Å². The Morgan fingerprint density at radius 1 is 0.771 bits per heavy atom. The zero-order valence-corrected chi connectivity index (χ0v) is 21.2.